The third-order valence-corrected chi connectivity index (χ3v) is 3.41. The summed E-state index contributed by atoms with van der Waals surface area (Å²) < 4.78 is 5.07. The molecule has 0 heterocycles. The van der Waals surface area contributed by atoms with Crippen molar-refractivity contribution in [3.63, 3.8) is 0 Å². The second-order valence-electron chi connectivity index (χ2n) is 4.74. The Kier molecular flexibility index (Phi) is 4.73. The number of benzene rings is 2. The molecule has 0 spiro atoms. The van der Waals surface area contributed by atoms with Gasteiger partial charge in [-0.1, -0.05) is 30.3 Å². The number of carbonyl (C=O) groups is 1. The van der Waals surface area contributed by atoms with Crippen molar-refractivity contribution in [2.45, 2.75) is 12.3 Å². The fourth-order valence-electron chi connectivity index (χ4n) is 2.37. The molecule has 2 aromatic rings. The number of ether oxygens (including phenoxy) is 1. The van der Waals surface area contributed by atoms with E-state index in [1.165, 1.54) is 13.2 Å². The Morgan fingerprint density at radius 3 is 2.41 bits per heavy atom. The van der Waals surface area contributed by atoms with Gasteiger partial charge in [0.15, 0.2) is 0 Å². The maximum atomic E-state index is 11.2. The first-order valence-electron chi connectivity index (χ1n) is 6.62. The lowest BCUT2D eigenvalue weighted by molar-refractivity contribution is -0.385. The molecule has 0 fully saturated rings. The molecular formula is C16H15NO5. The molecule has 0 aliphatic carbocycles. The van der Waals surface area contributed by atoms with Crippen molar-refractivity contribution < 1.29 is 19.6 Å². The minimum atomic E-state index is -1.01. The van der Waals surface area contributed by atoms with Gasteiger partial charge in [0, 0.05) is 17.5 Å². The Morgan fingerprint density at radius 1 is 1.23 bits per heavy atom. The number of carboxylic acid groups (broad SMARTS) is 1. The maximum absolute atomic E-state index is 11.2. The van der Waals surface area contributed by atoms with E-state index < -0.39 is 16.8 Å². The molecule has 0 amide bonds. The van der Waals surface area contributed by atoms with E-state index >= 15 is 0 Å². The maximum Gasteiger partial charge on any atom is 0.304 e. The van der Waals surface area contributed by atoms with E-state index in [9.17, 15) is 14.9 Å². The third kappa shape index (κ3) is 3.41. The summed E-state index contributed by atoms with van der Waals surface area (Å²) >= 11 is 0. The molecule has 6 nitrogen and oxygen atoms in total. The zero-order valence-corrected chi connectivity index (χ0v) is 11.9. The van der Waals surface area contributed by atoms with E-state index in [4.69, 9.17) is 9.84 Å². The Labute approximate surface area is 127 Å². The van der Waals surface area contributed by atoms with Gasteiger partial charge in [-0.05, 0) is 17.7 Å². The zero-order chi connectivity index (χ0) is 16.1. The van der Waals surface area contributed by atoms with Crippen LogP contribution in [-0.2, 0) is 4.79 Å². The molecule has 2 rings (SSSR count). The van der Waals surface area contributed by atoms with Gasteiger partial charge in [-0.25, -0.2) is 0 Å². The number of carboxylic acids is 1. The van der Waals surface area contributed by atoms with Gasteiger partial charge in [-0.3, -0.25) is 14.9 Å². The van der Waals surface area contributed by atoms with Gasteiger partial charge >= 0.3 is 5.97 Å². The zero-order valence-electron chi connectivity index (χ0n) is 11.9. The molecule has 1 unspecified atom stereocenters. The van der Waals surface area contributed by atoms with Crippen LogP contribution < -0.4 is 4.74 Å². The Balaban J connectivity index is 2.50. The number of aliphatic carboxylic acids is 1. The quantitative estimate of drug-likeness (QED) is 0.653. The molecule has 1 N–H and O–H groups in total. The largest absolute Gasteiger partial charge is 0.497 e. The van der Waals surface area contributed by atoms with E-state index in [1.54, 1.807) is 42.5 Å². The SMILES string of the molecule is COc1ccc(C(CC(=O)O)c2ccccc2[N+](=O)[O-])cc1. The van der Waals surface area contributed by atoms with Crippen LogP contribution in [0.2, 0.25) is 0 Å². The summed E-state index contributed by atoms with van der Waals surface area (Å²) in [7, 11) is 1.53. The molecule has 0 aromatic heterocycles. The fourth-order valence-corrected chi connectivity index (χ4v) is 2.37. The second kappa shape index (κ2) is 6.71. The number of hydrogen-bond donors (Lipinski definition) is 1. The number of rotatable bonds is 6. The van der Waals surface area contributed by atoms with Crippen molar-refractivity contribution in [1.29, 1.82) is 0 Å². The van der Waals surface area contributed by atoms with E-state index in [0.29, 0.717) is 16.9 Å². The lowest BCUT2D eigenvalue weighted by atomic mass is 9.87. The highest BCUT2D eigenvalue weighted by Gasteiger charge is 2.25. The minimum absolute atomic E-state index is 0.0791. The van der Waals surface area contributed by atoms with Crippen LogP contribution in [0.1, 0.15) is 23.5 Å². The molecule has 22 heavy (non-hydrogen) atoms. The summed E-state index contributed by atoms with van der Waals surface area (Å²) in [5, 5.41) is 20.3. The molecule has 0 bridgehead atoms. The highest BCUT2D eigenvalue weighted by Crippen LogP contribution is 2.34. The molecule has 0 saturated heterocycles. The summed E-state index contributed by atoms with van der Waals surface area (Å²) in [6, 6.07) is 13.1. The molecule has 1 atom stereocenters. The molecule has 6 heteroatoms. The van der Waals surface area contributed by atoms with Gasteiger partial charge in [0.05, 0.1) is 18.5 Å². The lowest BCUT2D eigenvalue weighted by Crippen LogP contribution is -2.10. The molecule has 0 saturated carbocycles. The van der Waals surface area contributed by atoms with Crippen LogP contribution in [0.5, 0.6) is 5.75 Å². The Hall–Kier alpha value is -2.89. The van der Waals surface area contributed by atoms with Crippen LogP contribution in [0.4, 0.5) is 5.69 Å². The summed E-state index contributed by atoms with van der Waals surface area (Å²) in [4.78, 5) is 21.9. The molecule has 0 aliphatic heterocycles. The van der Waals surface area contributed by atoms with E-state index in [-0.39, 0.29) is 12.1 Å². The van der Waals surface area contributed by atoms with Crippen molar-refractivity contribution in [2.75, 3.05) is 7.11 Å². The number of hydrogen-bond acceptors (Lipinski definition) is 4. The molecule has 114 valence electrons. The van der Waals surface area contributed by atoms with Gasteiger partial charge in [-0.15, -0.1) is 0 Å². The van der Waals surface area contributed by atoms with Crippen LogP contribution >= 0.6 is 0 Å². The van der Waals surface area contributed by atoms with Crippen LogP contribution in [0.3, 0.4) is 0 Å². The average molecular weight is 301 g/mol. The first-order valence-corrected chi connectivity index (χ1v) is 6.62. The highest BCUT2D eigenvalue weighted by atomic mass is 16.6. The van der Waals surface area contributed by atoms with Crippen molar-refractivity contribution in [3.05, 3.63) is 69.8 Å². The van der Waals surface area contributed by atoms with E-state index in [2.05, 4.69) is 0 Å². The monoisotopic (exact) mass is 301 g/mol. The average Bonchev–Trinajstić information content (AvgIpc) is 2.52. The Morgan fingerprint density at radius 2 is 1.86 bits per heavy atom. The third-order valence-electron chi connectivity index (χ3n) is 3.41. The number of methoxy groups -OCH3 is 1. The van der Waals surface area contributed by atoms with Crippen LogP contribution in [-0.4, -0.2) is 23.1 Å². The van der Waals surface area contributed by atoms with E-state index in [1.807, 2.05) is 0 Å². The number of nitro benzene ring substituents is 1. The standard InChI is InChI=1S/C16H15NO5/c1-22-12-8-6-11(7-9-12)14(10-16(18)19)13-4-2-3-5-15(13)17(20)21/h2-9,14H,10H2,1H3,(H,18,19). The second-order valence-corrected chi connectivity index (χ2v) is 4.74. The topological polar surface area (TPSA) is 89.7 Å². The summed E-state index contributed by atoms with van der Waals surface area (Å²) in [6.45, 7) is 0. The lowest BCUT2D eigenvalue weighted by Gasteiger charge is -2.16. The van der Waals surface area contributed by atoms with Crippen molar-refractivity contribution in [3.8, 4) is 5.75 Å². The van der Waals surface area contributed by atoms with Crippen molar-refractivity contribution >= 4 is 11.7 Å². The minimum Gasteiger partial charge on any atom is -0.497 e. The molecule has 0 radical (unpaired) electrons. The van der Waals surface area contributed by atoms with E-state index in [0.717, 1.165) is 0 Å². The summed E-state index contributed by atoms with van der Waals surface area (Å²) in [5.41, 5.74) is 1.00. The van der Waals surface area contributed by atoms with Gasteiger partial charge in [0.2, 0.25) is 0 Å². The first-order chi connectivity index (χ1) is 10.5. The number of nitrogens with zero attached hydrogens (tertiary/aromatic N) is 1. The fraction of sp³-hybridized carbons (Fsp3) is 0.188. The van der Waals surface area contributed by atoms with Crippen LogP contribution in [0, 0.1) is 10.1 Å². The van der Waals surface area contributed by atoms with Crippen LogP contribution in [0.25, 0.3) is 0 Å². The predicted molar refractivity (Wildman–Crippen MR) is 80.2 cm³/mol. The van der Waals surface area contributed by atoms with Gasteiger partial charge < -0.3 is 9.84 Å². The van der Waals surface area contributed by atoms with Gasteiger partial charge in [0.1, 0.15) is 5.75 Å². The highest BCUT2D eigenvalue weighted by molar-refractivity contribution is 5.69. The smallest absolute Gasteiger partial charge is 0.304 e. The normalized spacial score (nSPS) is 11.7. The summed E-state index contributed by atoms with van der Waals surface area (Å²) in [6.07, 6.45) is -0.225. The first kappa shape index (κ1) is 15.5. The molecular weight excluding hydrogens is 286 g/mol. The molecule has 0 aliphatic rings. The predicted octanol–water partition coefficient (Wildman–Crippen LogP) is 3.21. The van der Waals surface area contributed by atoms with Crippen molar-refractivity contribution in [2.24, 2.45) is 0 Å². The number of nitro groups is 1. The summed E-state index contributed by atoms with van der Waals surface area (Å²) in [5.74, 6) is -0.968. The van der Waals surface area contributed by atoms with Gasteiger partial charge in [-0.2, -0.15) is 0 Å². The molecule has 2 aromatic carbocycles. The van der Waals surface area contributed by atoms with Crippen LogP contribution in [0.15, 0.2) is 48.5 Å². The van der Waals surface area contributed by atoms with Gasteiger partial charge in [0.25, 0.3) is 5.69 Å². The van der Waals surface area contributed by atoms with Crippen molar-refractivity contribution in [1.82, 2.24) is 0 Å². The Bertz CT molecular complexity index is 681. The number of para-hydroxylation sites is 1.